The number of hydrogen-bond acceptors (Lipinski definition) is 3. The molecular formula is C29H34Cl2N4O. The molecular weight excluding hydrogens is 491 g/mol. The molecule has 1 atom stereocenters. The summed E-state index contributed by atoms with van der Waals surface area (Å²) in [6.45, 7) is 7.77. The van der Waals surface area contributed by atoms with Crippen molar-refractivity contribution in [2.24, 2.45) is 7.05 Å². The van der Waals surface area contributed by atoms with Gasteiger partial charge in [-0.15, -0.1) is 12.4 Å². The van der Waals surface area contributed by atoms with Gasteiger partial charge >= 0.3 is 0 Å². The van der Waals surface area contributed by atoms with Gasteiger partial charge in [-0.3, -0.25) is 9.69 Å². The second-order valence-electron chi connectivity index (χ2n) is 9.52. The van der Waals surface area contributed by atoms with Crippen molar-refractivity contribution in [3.63, 3.8) is 0 Å². The van der Waals surface area contributed by atoms with Crippen LogP contribution in [0, 0.1) is 6.92 Å². The summed E-state index contributed by atoms with van der Waals surface area (Å²) in [5.74, 6) is -0.0116. The minimum absolute atomic E-state index is 0. The van der Waals surface area contributed by atoms with E-state index in [2.05, 4.69) is 76.1 Å². The number of fused-ring (bicyclic) bond motifs is 3. The quantitative estimate of drug-likeness (QED) is 0.317. The summed E-state index contributed by atoms with van der Waals surface area (Å²) in [5.41, 5.74) is 5.23. The van der Waals surface area contributed by atoms with Crippen LogP contribution in [0.3, 0.4) is 0 Å². The van der Waals surface area contributed by atoms with Gasteiger partial charge in [0.05, 0.1) is 16.9 Å². The standard InChI is InChI=1S/C29H33ClN4O.ClH/c1-4-8-27(34-17-15-33(16-18-34)26-12-7-9-20(2)28(26)30)31-29(35)21-13-14-25-23(19-21)22-10-5-6-11-24(22)32(25)3;/h5-7,9-14,19,27H,4,8,15-18H2,1-3H3,(H,31,35);1H. The van der Waals surface area contributed by atoms with Crippen LogP contribution in [-0.4, -0.2) is 47.7 Å². The average molecular weight is 526 g/mol. The van der Waals surface area contributed by atoms with Gasteiger partial charge in [-0.25, -0.2) is 0 Å². The number of aromatic nitrogens is 1. The number of anilines is 1. The summed E-state index contributed by atoms with van der Waals surface area (Å²) in [6, 6.07) is 20.6. The van der Waals surface area contributed by atoms with E-state index in [-0.39, 0.29) is 24.5 Å². The predicted octanol–water partition coefficient (Wildman–Crippen LogP) is 6.39. The second kappa shape index (κ2) is 11.1. The first-order valence-corrected chi connectivity index (χ1v) is 12.9. The van der Waals surface area contributed by atoms with Crippen molar-refractivity contribution in [3.8, 4) is 0 Å². The zero-order chi connectivity index (χ0) is 24.5. The maximum Gasteiger partial charge on any atom is 0.252 e. The normalized spacial score (nSPS) is 15.2. The number of para-hydroxylation sites is 1. The maximum absolute atomic E-state index is 13.4. The van der Waals surface area contributed by atoms with Gasteiger partial charge in [-0.1, -0.05) is 55.3 Å². The number of carbonyl (C=O) groups is 1. The van der Waals surface area contributed by atoms with Crippen LogP contribution in [-0.2, 0) is 7.05 Å². The molecule has 0 spiro atoms. The molecule has 36 heavy (non-hydrogen) atoms. The van der Waals surface area contributed by atoms with Crippen molar-refractivity contribution in [1.29, 1.82) is 0 Å². The van der Waals surface area contributed by atoms with Gasteiger partial charge in [0.1, 0.15) is 0 Å². The third-order valence-corrected chi connectivity index (χ3v) is 7.79. The number of hydrogen-bond donors (Lipinski definition) is 1. The molecule has 7 heteroatoms. The van der Waals surface area contributed by atoms with E-state index in [1.165, 1.54) is 10.9 Å². The van der Waals surface area contributed by atoms with Crippen LogP contribution in [0.4, 0.5) is 5.69 Å². The van der Waals surface area contributed by atoms with Gasteiger partial charge in [0, 0.05) is 60.6 Å². The largest absolute Gasteiger partial charge is 0.368 e. The summed E-state index contributed by atoms with van der Waals surface area (Å²) >= 11 is 6.58. The second-order valence-corrected chi connectivity index (χ2v) is 9.90. The van der Waals surface area contributed by atoms with Crippen molar-refractivity contribution in [3.05, 3.63) is 76.8 Å². The molecule has 0 saturated carbocycles. The first-order chi connectivity index (χ1) is 17.0. The molecule has 1 unspecified atom stereocenters. The van der Waals surface area contributed by atoms with Gasteiger partial charge < -0.3 is 14.8 Å². The number of benzene rings is 3. The first kappa shape index (κ1) is 26.3. The fourth-order valence-corrected chi connectivity index (χ4v) is 5.56. The van der Waals surface area contributed by atoms with Crippen LogP contribution in [0.5, 0.6) is 0 Å². The summed E-state index contributed by atoms with van der Waals surface area (Å²) in [4.78, 5) is 18.1. The van der Waals surface area contributed by atoms with E-state index >= 15 is 0 Å². The maximum atomic E-state index is 13.4. The minimum atomic E-state index is -0.0116. The SMILES string of the molecule is CCCC(NC(=O)c1ccc2c(c1)c1ccccc1n2C)N1CCN(c2cccc(C)c2Cl)CC1.Cl. The third kappa shape index (κ3) is 4.93. The summed E-state index contributed by atoms with van der Waals surface area (Å²) in [7, 11) is 2.07. The molecule has 1 aliphatic heterocycles. The van der Waals surface area contributed by atoms with E-state index in [0.717, 1.165) is 66.2 Å². The zero-order valence-corrected chi connectivity index (χ0v) is 22.7. The molecule has 5 rings (SSSR count). The predicted molar refractivity (Wildman–Crippen MR) is 154 cm³/mol. The lowest BCUT2D eigenvalue weighted by Crippen LogP contribution is -2.56. The Balaban J connectivity index is 0.00000304. The lowest BCUT2D eigenvalue weighted by molar-refractivity contribution is 0.0824. The van der Waals surface area contributed by atoms with Crippen LogP contribution < -0.4 is 10.2 Å². The highest BCUT2D eigenvalue weighted by Crippen LogP contribution is 2.30. The lowest BCUT2D eigenvalue weighted by atomic mass is 10.1. The molecule has 1 aromatic heterocycles. The zero-order valence-electron chi connectivity index (χ0n) is 21.1. The van der Waals surface area contributed by atoms with E-state index in [1.54, 1.807) is 0 Å². The lowest BCUT2D eigenvalue weighted by Gasteiger charge is -2.40. The van der Waals surface area contributed by atoms with Gasteiger partial charge in [0.25, 0.3) is 5.91 Å². The number of aryl methyl sites for hydroxylation is 2. The van der Waals surface area contributed by atoms with E-state index in [0.29, 0.717) is 5.56 Å². The number of rotatable bonds is 6. The monoisotopic (exact) mass is 524 g/mol. The smallest absolute Gasteiger partial charge is 0.252 e. The highest BCUT2D eigenvalue weighted by Gasteiger charge is 2.26. The molecule has 0 bridgehead atoms. The van der Waals surface area contributed by atoms with Crippen molar-refractivity contribution in [1.82, 2.24) is 14.8 Å². The Kier molecular flexibility index (Phi) is 8.13. The Labute approximate surface area is 224 Å². The van der Waals surface area contributed by atoms with Gasteiger partial charge in [-0.2, -0.15) is 0 Å². The molecule has 0 aliphatic carbocycles. The molecule has 2 heterocycles. The molecule has 3 aromatic carbocycles. The van der Waals surface area contributed by atoms with Crippen LogP contribution in [0.15, 0.2) is 60.7 Å². The van der Waals surface area contributed by atoms with E-state index in [1.807, 2.05) is 25.1 Å². The Bertz CT molecular complexity index is 1370. The van der Waals surface area contributed by atoms with E-state index in [4.69, 9.17) is 11.6 Å². The minimum Gasteiger partial charge on any atom is -0.368 e. The number of carbonyl (C=O) groups excluding carboxylic acids is 1. The molecule has 1 fully saturated rings. The fraction of sp³-hybridized carbons (Fsp3) is 0.345. The molecule has 1 amide bonds. The molecule has 1 saturated heterocycles. The van der Waals surface area contributed by atoms with Crippen LogP contribution in [0.1, 0.15) is 35.7 Å². The Hall–Kier alpha value is -2.73. The van der Waals surface area contributed by atoms with Crippen LogP contribution in [0.2, 0.25) is 5.02 Å². The number of amides is 1. The van der Waals surface area contributed by atoms with Gasteiger partial charge in [0.2, 0.25) is 0 Å². The number of nitrogens with zero attached hydrogens (tertiary/aromatic N) is 3. The van der Waals surface area contributed by atoms with Crippen molar-refractivity contribution in [2.75, 3.05) is 31.1 Å². The van der Waals surface area contributed by atoms with Gasteiger partial charge in [-0.05, 0) is 49.2 Å². The Morgan fingerprint density at radius 1 is 0.972 bits per heavy atom. The molecule has 1 N–H and O–H groups in total. The van der Waals surface area contributed by atoms with Gasteiger partial charge in [0.15, 0.2) is 0 Å². The third-order valence-electron chi connectivity index (χ3n) is 7.30. The first-order valence-electron chi connectivity index (χ1n) is 12.5. The van der Waals surface area contributed by atoms with Crippen molar-refractivity contribution < 1.29 is 4.79 Å². The van der Waals surface area contributed by atoms with Crippen LogP contribution >= 0.6 is 24.0 Å². The van der Waals surface area contributed by atoms with Crippen LogP contribution in [0.25, 0.3) is 21.8 Å². The highest BCUT2D eigenvalue weighted by molar-refractivity contribution is 6.34. The highest BCUT2D eigenvalue weighted by atomic mass is 35.5. The molecule has 4 aromatic rings. The van der Waals surface area contributed by atoms with Crippen molar-refractivity contribution >= 4 is 57.4 Å². The fourth-order valence-electron chi connectivity index (χ4n) is 5.31. The molecule has 5 nitrogen and oxygen atoms in total. The molecule has 1 aliphatic rings. The summed E-state index contributed by atoms with van der Waals surface area (Å²) in [6.07, 6.45) is 1.95. The molecule has 190 valence electrons. The number of halogens is 2. The topological polar surface area (TPSA) is 40.5 Å². The van der Waals surface area contributed by atoms with E-state index in [9.17, 15) is 4.79 Å². The van der Waals surface area contributed by atoms with E-state index < -0.39 is 0 Å². The van der Waals surface area contributed by atoms with Crippen molar-refractivity contribution in [2.45, 2.75) is 32.9 Å². The average Bonchev–Trinajstić information content (AvgIpc) is 3.17. The molecule has 0 radical (unpaired) electrons. The Morgan fingerprint density at radius 2 is 1.69 bits per heavy atom. The summed E-state index contributed by atoms with van der Waals surface area (Å²) < 4.78 is 2.19. The number of nitrogens with one attached hydrogen (secondary N) is 1. The summed E-state index contributed by atoms with van der Waals surface area (Å²) in [5, 5.41) is 6.46. The number of piperazine rings is 1. The Morgan fingerprint density at radius 3 is 2.44 bits per heavy atom.